The van der Waals surface area contributed by atoms with Crippen molar-refractivity contribution in [3.05, 3.63) is 51.7 Å². The number of ether oxygens (including phenoxy) is 1. The Labute approximate surface area is 112 Å². The lowest BCUT2D eigenvalue weighted by Gasteiger charge is -2.18. The minimum Gasteiger partial charge on any atom is -0.497 e. The Bertz CT molecular complexity index is 497. The second kappa shape index (κ2) is 6.00. The van der Waals surface area contributed by atoms with Gasteiger partial charge in [0.2, 0.25) is 0 Å². The van der Waals surface area contributed by atoms with Crippen molar-refractivity contribution in [3.63, 3.8) is 0 Å². The predicted molar refractivity (Wildman–Crippen MR) is 75.8 cm³/mol. The van der Waals surface area contributed by atoms with E-state index < -0.39 is 0 Å². The molecule has 0 spiro atoms. The summed E-state index contributed by atoms with van der Waals surface area (Å²) in [4.78, 5) is 0. The molecule has 1 aromatic carbocycles. The fourth-order valence-corrected chi connectivity index (χ4v) is 2.75. The summed E-state index contributed by atoms with van der Waals surface area (Å²) in [6, 6.07) is 8.34. The van der Waals surface area contributed by atoms with E-state index in [1.165, 1.54) is 16.7 Å². The van der Waals surface area contributed by atoms with E-state index in [-0.39, 0.29) is 6.04 Å². The highest BCUT2D eigenvalue weighted by atomic mass is 32.1. The van der Waals surface area contributed by atoms with Crippen molar-refractivity contribution in [3.8, 4) is 5.75 Å². The molecule has 2 rings (SSSR count). The third-order valence-electron chi connectivity index (χ3n) is 3.07. The average molecular weight is 262 g/mol. The Morgan fingerprint density at radius 3 is 2.78 bits per heavy atom. The van der Waals surface area contributed by atoms with Gasteiger partial charge in [-0.25, -0.2) is 0 Å². The van der Waals surface area contributed by atoms with Gasteiger partial charge in [0.1, 0.15) is 5.75 Å². The summed E-state index contributed by atoms with van der Waals surface area (Å²) >= 11 is 1.71. The maximum absolute atomic E-state index is 5.68. The SMILES string of the molecule is COc1ccc(C(Cc2ccsc2)NN)c(C)c1. The third kappa shape index (κ3) is 2.90. The molecule has 0 aliphatic rings. The molecule has 1 unspecified atom stereocenters. The average Bonchev–Trinajstić information content (AvgIpc) is 2.89. The lowest BCUT2D eigenvalue weighted by molar-refractivity contribution is 0.414. The van der Waals surface area contributed by atoms with E-state index in [0.29, 0.717) is 0 Å². The first-order chi connectivity index (χ1) is 8.74. The van der Waals surface area contributed by atoms with Gasteiger partial charge < -0.3 is 4.74 Å². The van der Waals surface area contributed by atoms with Crippen LogP contribution in [0.4, 0.5) is 0 Å². The number of aryl methyl sites for hydroxylation is 1. The monoisotopic (exact) mass is 262 g/mol. The Morgan fingerprint density at radius 1 is 1.39 bits per heavy atom. The number of hydrogen-bond donors (Lipinski definition) is 2. The number of rotatable bonds is 5. The molecular weight excluding hydrogens is 244 g/mol. The summed E-state index contributed by atoms with van der Waals surface area (Å²) in [6.07, 6.45) is 0.896. The van der Waals surface area contributed by atoms with Crippen LogP contribution in [0.25, 0.3) is 0 Å². The lowest BCUT2D eigenvalue weighted by Crippen LogP contribution is -2.30. The number of hydrogen-bond acceptors (Lipinski definition) is 4. The van der Waals surface area contributed by atoms with Gasteiger partial charge in [-0.05, 0) is 59.0 Å². The second-order valence-corrected chi connectivity index (χ2v) is 5.06. The fourth-order valence-electron chi connectivity index (χ4n) is 2.07. The van der Waals surface area contributed by atoms with Crippen LogP contribution in [0.3, 0.4) is 0 Å². The molecule has 0 aliphatic carbocycles. The van der Waals surface area contributed by atoms with Crippen LogP contribution in [0.5, 0.6) is 5.75 Å². The van der Waals surface area contributed by atoms with E-state index in [1.807, 2.05) is 12.1 Å². The zero-order valence-electron chi connectivity index (χ0n) is 10.6. The molecule has 2 aromatic rings. The van der Waals surface area contributed by atoms with Crippen molar-refractivity contribution in [2.24, 2.45) is 5.84 Å². The van der Waals surface area contributed by atoms with Crippen LogP contribution in [0.15, 0.2) is 35.0 Å². The first-order valence-corrected chi connectivity index (χ1v) is 6.80. The van der Waals surface area contributed by atoms with Gasteiger partial charge >= 0.3 is 0 Å². The van der Waals surface area contributed by atoms with Crippen LogP contribution in [-0.4, -0.2) is 7.11 Å². The Kier molecular flexibility index (Phi) is 4.36. The molecule has 1 atom stereocenters. The summed E-state index contributed by atoms with van der Waals surface area (Å²) in [5, 5.41) is 4.24. The van der Waals surface area contributed by atoms with E-state index in [1.54, 1.807) is 18.4 Å². The molecule has 18 heavy (non-hydrogen) atoms. The van der Waals surface area contributed by atoms with Crippen molar-refractivity contribution in [1.29, 1.82) is 0 Å². The number of hydrazine groups is 1. The molecule has 0 aliphatic heterocycles. The predicted octanol–water partition coefficient (Wildman–Crippen LogP) is 2.81. The van der Waals surface area contributed by atoms with Crippen LogP contribution in [0.2, 0.25) is 0 Å². The van der Waals surface area contributed by atoms with Crippen molar-refractivity contribution in [2.75, 3.05) is 7.11 Å². The van der Waals surface area contributed by atoms with Crippen molar-refractivity contribution < 1.29 is 4.74 Å². The molecule has 4 heteroatoms. The lowest BCUT2D eigenvalue weighted by atomic mass is 9.97. The number of nitrogens with one attached hydrogen (secondary N) is 1. The number of thiophene rings is 1. The molecular formula is C14H18N2OS. The van der Waals surface area contributed by atoms with Gasteiger partial charge in [0.25, 0.3) is 0 Å². The van der Waals surface area contributed by atoms with Crippen LogP contribution in [0, 0.1) is 6.92 Å². The summed E-state index contributed by atoms with van der Waals surface area (Å²) in [6.45, 7) is 2.08. The molecule has 1 aromatic heterocycles. The Hall–Kier alpha value is -1.36. The van der Waals surface area contributed by atoms with E-state index in [9.17, 15) is 0 Å². The molecule has 3 N–H and O–H groups in total. The van der Waals surface area contributed by atoms with Gasteiger partial charge in [-0.1, -0.05) is 6.07 Å². The first kappa shape index (κ1) is 13.1. The molecule has 1 heterocycles. The molecule has 0 amide bonds. The minimum atomic E-state index is 0.130. The molecule has 96 valence electrons. The van der Waals surface area contributed by atoms with Crippen molar-refractivity contribution in [2.45, 2.75) is 19.4 Å². The first-order valence-electron chi connectivity index (χ1n) is 5.86. The van der Waals surface area contributed by atoms with Gasteiger partial charge in [-0.2, -0.15) is 11.3 Å². The van der Waals surface area contributed by atoms with Gasteiger partial charge in [0.15, 0.2) is 0 Å². The topological polar surface area (TPSA) is 47.3 Å². The molecule has 0 saturated carbocycles. The van der Waals surface area contributed by atoms with Gasteiger partial charge in [0, 0.05) is 0 Å². The van der Waals surface area contributed by atoms with E-state index >= 15 is 0 Å². The van der Waals surface area contributed by atoms with Crippen LogP contribution in [0.1, 0.15) is 22.7 Å². The smallest absolute Gasteiger partial charge is 0.119 e. The standard InChI is InChI=1S/C14H18N2OS/c1-10-7-12(17-2)3-4-13(10)14(16-15)8-11-5-6-18-9-11/h3-7,9,14,16H,8,15H2,1-2H3. The molecule has 3 nitrogen and oxygen atoms in total. The summed E-state index contributed by atoms with van der Waals surface area (Å²) in [5.74, 6) is 6.56. The largest absolute Gasteiger partial charge is 0.497 e. The maximum atomic E-state index is 5.68. The maximum Gasteiger partial charge on any atom is 0.119 e. The summed E-state index contributed by atoms with van der Waals surface area (Å²) in [7, 11) is 1.68. The highest BCUT2D eigenvalue weighted by molar-refractivity contribution is 7.07. The van der Waals surface area contributed by atoms with Crippen LogP contribution in [-0.2, 0) is 6.42 Å². The highest BCUT2D eigenvalue weighted by Gasteiger charge is 2.13. The molecule has 0 saturated heterocycles. The van der Waals surface area contributed by atoms with E-state index in [0.717, 1.165) is 12.2 Å². The Morgan fingerprint density at radius 2 is 2.22 bits per heavy atom. The number of methoxy groups -OCH3 is 1. The minimum absolute atomic E-state index is 0.130. The Balaban J connectivity index is 2.22. The van der Waals surface area contributed by atoms with E-state index in [4.69, 9.17) is 10.6 Å². The zero-order valence-corrected chi connectivity index (χ0v) is 11.5. The van der Waals surface area contributed by atoms with Gasteiger partial charge in [-0.3, -0.25) is 11.3 Å². The molecule has 0 bridgehead atoms. The number of nitrogens with two attached hydrogens (primary N) is 1. The molecule has 0 radical (unpaired) electrons. The fraction of sp³-hybridized carbons (Fsp3) is 0.286. The van der Waals surface area contributed by atoms with Crippen molar-refractivity contribution >= 4 is 11.3 Å². The number of benzene rings is 1. The van der Waals surface area contributed by atoms with Crippen molar-refractivity contribution in [1.82, 2.24) is 5.43 Å². The highest BCUT2D eigenvalue weighted by Crippen LogP contribution is 2.25. The van der Waals surface area contributed by atoms with Crippen LogP contribution < -0.4 is 16.0 Å². The van der Waals surface area contributed by atoms with E-state index in [2.05, 4.69) is 35.2 Å². The van der Waals surface area contributed by atoms with Gasteiger partial charge in [0.05, 0.1) is 13.2 Å². The summed E-state index contributed by atoms with van der Waals surface area (Å²) in [5.41, 5.74) is 6.60. The van der Waals surface area contributed by atoms with Crippen LogP contribution >= 0.6 is 11.3 Å². The zero-order chi connectivity index (χ0) is 13.0. The third-order valence-corrected chi connectivity index (χ3v) is 3.81. The normalized spacial score (nSPS) is 12.4. The quantitative estimate of drug-likeness (QED) is 0.643. The second-order valence-electron chi connectivity index (χ2n) is 4.28. The summed E-state index contributed by atoms with van der Waals surface area (Å²) < 4.78 is 5.22. The van der Waals surface area contributed by atoms with Gasteiger partial charge in [-0.15, -0.1) is 0 Å². The molecule has 0 fully saturated rings.